The lowest BCUT2D eigenvalue weighted by atomic mass is 10.2. The van der Waals surface area contributed by atoms with E-state index in [-0.39, 0.29) is 5.56 Å². The van der Waals surface area contributed by atoms with Crippen LogP contribution in [0.15, 0.2) is 47.8 Å². The maximum atomic E-state index is 12.3. The monoisotopic (exact) mass is 435 g/mol. The number of anilines is 2. The molecule has 0 aliphatic rings. The Morgan fingerprint density at radius 3 is 2.71 bits per heavy atom. The molecule has 9 heteroatoms. The van der Waals surface area contributed by atoms with Gasteiger partial charge in [0, 0.05) is 21.7 Å². The van der Waals surface area contributed by atoms with Gasteiger partial charge >= 0.3 is 5.97 Å². The van der Waals surface area contributed by atoms with Crippen molar-refractivity contribution in [2.45, 2.75) is 13.0 Å². The van der Waals surface area contributed by atoms with Crippen LogP contribution in [0.4, 0.5) is 10.8 Å². The average Bonchev–Trinajstić information content (AvgIpc) is 3.09. The third-order valence-corrected chi connectivity index (χ3v) is 5.02. The number of carbonyl (C=O) groups excluding carboxylic acids is 2. The summed E-state index contributed by atoms with van der Waals surface area (Å²) >= 11 is 13.3. The van der Waals surface area contributed by atoms with E-state index in [0.29, 0.717) is 32.1 Å². The molecular formula is C19H15Cl2N3O3S. The van der Waals surface area contributed by atoms with Crippen LogP contribution in [0.3, 0.4) is 0 Å². The summed E-state index contributed by atoms with van der Waals surface area (Å²) in [5.74, 6) is -1.14. The van der Waals surface area contributed by atoms with Crippen LogP contribution in [0.5, 0.6) is 0 Å². The first kappa shape index (κ1) is 20.1. The van der Waals surface area contributed by atoms with Crippen molar-refractivity contribution >= 4 is 57.2 Å². The van der Waals surface area contributed by atoms with Crippen molar-refractivity contribution in [1.29, 1.82) is 0 Å². The van der Waals surface area contributed by atoms with Gasteiger partial charge in [0.2, 0.25) is 0 Å². The molecule has 1 heterocycles. The minimum absolute atomic E-state index is 0.272. The van der Waals surface area contributed by atoms with E-state index >= 15 is 0 Å². The summed E-state index contributed by atoms with van der Waals surface area (Å²) in [4.78, 5) is 28.8. The van der Waals surface area contributed by atoms with Crippen molar-refractivity contribution in [2.24, 2.45) is 0 Å². The topological polar surface area (TPSA) is 94.3 Å². The van der Waals surface area contributed by atoms with E-state index < -0.39 is 18.0 Å². The Kier molecular flexibility index (Phi) is 6.18. The molecule has 28 heavy (non-hydrogen) atoms. The second-order valence-electron chi connectivity index (χ2n) is 5.82. The van der Waals surface area contributed by atoms with E-state index in [0.717, 1.165) is 0 Å². The maximum Gasteiger partial charge on any atom is 0.338 e. The number of aromatic nitrogens is 1. The predicted octanol–water partition coefficient (Wildman–Crippen LogP) is 4.88. The molecule has 6 nitrogen and oxygen atoms in total. The molecule has 0 radical (unpaired) electrons. The summed E-state index contributed by atoms with van der Waals surface area (Å²) in [5.41, 5.74) is 7.65. The Morgan fingerprint density at radius 2 is 2.00 bits per heavy atom. The van der Waals surface area contributed by atoms with Crippen LogP contribution < -0.4 is 11.1 Å². The second-order valence-corrected chi connectivity index (χ2v) is 7.53. The Hall–Kier alpha value is -2.61. The van der Waals surface area contributed by atoms with E-state index in [1.165, 1.54) is 24.3 Å². The molecule has 0 aliphatic carbocycles. The van der Waals surface area contributed by atoms with Crippen LogP contribution in [0, 0.1) is 0 Å². The second kappa shape index (κ2) is 8.60. The van der Waals surface area contributed by atoms with Gasteiger partial charge in [-0.2, -0.15) is 0 Å². The summed E-state index contributed by atoms with van der Waals surface area (Å²) in [6.45, 7) is 1.48. The first-order valence-corrected chi connectivity index (χ1v) is 9.75. The highest BCUT2D eigenvalue weighted by molar-refractivity contribution is 7.14. The fraction of sp³-hybridized carbons (Fsp3) is 0.105. The molecule has 1 unspecified atom stereocenters. The minimum Gasteiger partial charge on any atom is -0.449 e. The number of thiazole rings is 1. The third-order valence-electron chi connectivity index (χ3n) is 3.72. The first-order chi connectivity index (χ1) is 13.3. The summed E-state index contributed by atoms with van der Waals surface area (Å²) in [6.07, 6.45) is -1.01. The normalized spacial score (nSPS) is 11.7. The third kappa shape index (κ3) is 4.81. The van der Waals surface area contributed by atoms with Crippen LogP contribution in [-0.4, -0.2) is 23.0 Å². The molecule has 3 N–H and O–H groups in total. The number of amides is 1. The molecule has 1 aromatic heterocycles. The van der Waals surface area contributed by atoms with Gasteiger partial charge in [-0.1, -0.05) is 29.3 Å². The van der Waals surface area contributed by atoms with E-state index in [1.54, 1.807) is 41.8 Å². The predicted molar refractivity (Wildman–Crippen MR) is 112 cm³/mol. The number of hydrogen-bond donors (Lipinski definition) is 2. The highest BCUT2D eigenvalue weighted by Gasteiger charge is 2.20. The largest absolute Gasteiger partial charge is 0.449 e. The fourth-order valence-corrected chi connectivity index (χ4v) is 3.53. The lowest BCUT2D eigenvalue weighted by molar-refractivity contribution is -0.123. The molecule has 0 spiro atoms. The van der Waals surface area contributed by atoms with E-state index in [4.69, 9.17) is 33.7 Å². The fourth-order valence-electron chi connectivity index (χ4n) is 2.31. The molecule has 0 saturated heterocycles. The van der Waals surface area contributed by atoms with E-state index in [1.807, 2.05) is 0 Å². The zero-order valence-electron chi connectivity index (χ0n) is 14.6. The van der Waals surface area contributed by atoms with Crippen LogP contribution in [-0.2, 0) is 9.53 Å². The number of hydrogen-bond acceptors (Lipinski definition) is 6. The molecule has 3 rings (SSSR count). The highest BCUT2D eigenvalue weighted by atomic mass is 35.5. The zero-order chi connectivity index (χ0) is 20.3. The van der Waals surface area contributed by atoms with Gasteiger partial charge in [0.25, 0.3) is 5.91 Å². The number of benzene rings is 2. The number of nitrogens with one attached hydrogen (secondary N) is 1. The molecule has 0 saturated carbocycles. The molecule has 0 fully saturated rings. The average molecular weight is 436 g/mol. The molecule has 0 aliphatic heterocycles. The molecule has 0 bridgehead atoms. The smallest absolute Gasteiger partial charge is 0.338 e. The van der Waals surface area contributed by atoms with Gasteiger partial charge in [0.1, 0.15) is 0 Å². The Bertz CT molecular complexity index is 1040. The van der Waals surface area contributed by atoms with Crippen LogP contribution in [0.2, 0.25) is 10.0 Å². The van der Waals surface area contributed by atoms with Crippen molar-refractivity contribution in [3.05, 3.63) is 63.5 Å². The summed E-state index contributed by atoms with van der Waals surface area (Å²) < 4.78 is 5.18. The van der Waals surface area contributed by atoms with E-state index in [2.05, 4.69) is 10.3 Å². The zero-order valence-corrected chi connectivity index (χ0v) is 16.9. The molecule has 2 aromatic carbocycles. The van der Waals surface area contributed by atoms with Gasteiger partial charge in [-0.15, -0.1) is 11.3 Å². The number of ether oxygens (including phenoxy) is 1. The molecule has 144 valence electrons. The quantitative estimate of drug-likeness (QED) is 0.439. The standard InChI is InChI=1S/C19H15Cl2N3O3S/c1-10(27-18(26)11-3-2-4-13(22)7-11)17(25)24-19-23-16(9-28-19)14-6-5-12(20)8-15(14)21/h2-10H,22H2,1H3,(H,23,24,25). The number of esters is 1. The highest BCUT2D eigenvalue weighted by Crippen LogP contribution is 2.32. The molecule has 1 atom stereocenters. The summed E-state index contributed by atoms with van der Waals surface area (Å²) in [5, 5.41) is 5.73. The first-order valence-electron chi connectivity index (χ1n) is 8.12. The number of halogens is 2. The Morgan fingerprint density at radius 1 is 1.21 bits per heavy atom. The molecular weight excluding hydrogens is 421 g/mol. The maximum absolute atomic E-state index is 12.3. The number of nitrogens with zero attached hydrogens (tertiary/aromatic N) is 1. The Balaban J connectivity index is 1.64. The van der Waals surface area contributed by atoms with Gasteiger partial charge in [-0.05, 0) is 43.3 Å². The lowest BCUT2D eigenvalue weighted by Gasteiger charge is -2.12. The number of nitrogen functional groups attached to an aromatic ring is 1. The number of nitrogens with two attached hydrogens (primary N) is 1. The van der Waals surface area contributed by atoms with Gasteiger partial charge in [-0.25, -0.2) is 9.78 Å². The van der Waals surface area contributed by atoms with Gasteiger partial charge in [0.15, 0.2) is 11.2 Å². The molecule has 3 aromatic rings. The number of rotatable bonds is 5. The SMILES string of the molecule is CC(OC(=O)c1cccc(N)c1)C(=O)Nc1nc(-c2ccc(Cl)cc2Cl)cs1. The molecule has 1 amide bonds. The van der Waals surface area contributed by atoms with Gasteiger partial charge in [0.05, 0.1) is 16.3 Å². The van der Waals surface area contributed by atoms with Gasteiger partial charge in [-0.3, -0.25) is 10.1 Å². The van der Waals surface area contributed by atoms with Crippen LogP contribution >= 0.6 is 34.5 Å². The van der Waals surface area contributed by atoms with Crippen molar-refractivity contribution in [3.63, 3.8) is 0 Å². The van der Waals surface area contributed by atoms with Crippen molar-refractivity contribution in [2.75, 3.05) is 11.1 Å². The van der Waals surface area contributed by atoms with Crippen LogP contribution in [0.25, 0.3) is 11.3 Å². The van der Waals surface area contributed by atoms with E-state index in [9.17, 15) is 9.59 Å². The van der Waals surface area contributed by atoms with Crippen molar-refractivity contribution < 1.29 is 14.3 Å². The van der Waals surface area contributed by atoms with Gasteiger partial charge < -0.3 is 10.5 Å². The Labute approximate surface area is 175 Å². The van der Waals surface area contributed by atoms with Crippen molar-refractivity contribution in [3.8, 4) is 11.3 Å². The lowest BCUT2D eigenvalue weighted by Crippen LogP contribution is -2.30. The number of carbonyl (C=O) groups is 2. The van der Waals surface area contributed by atoms with Crippen molar-refractivity contribution in [1.82, 2.24) is 4.98 Å². The summed E-state index contributed by atoms with van der Waals surface area (Å²) in [7, 11) is 0. The van der Waals surface area contributed by atoms with Crippen LogP contribution in [0.1, 0.15) is 17.3 Å². The summed E-state index contributed by atoms with van der Waals surface area (Å²) in [6, 6.07) is 11.4. The minimum atomic E-state index is -1.01.